The van der Waals surface area contributed by atoms with Gasteiger partial charge in [0.15, 0.2) is 5.76 Å². The summed E-state index contributed by atoms with van der Waals surface area (Å²) in [6.45, 7) is 2.61. The van der Waals surface area contributed by atoms with E-state index in [1.807, 2.05) is 31.3 Å². The number of fused-ring (bicyclic) bond motifs is 1. The molecule has 25 heavy (non-hydrogen) atoms. The molecule has 1 aliphatic heterocycles. The van der Waals surface area contributed by atoms with Gasteiger partial charge in [-0.2, -0.15) is 4.98 Å². The van der Waals surface area contributed by atoms with Gasteiger partial charge in [-0.3, -0.25) is 4.79 Å². The summed E-state index contributed by atoms with van der Waals surface area (Å²) in [4.78, 5) is 25.6. The summed E-state index contributed by atoms with van der Waals surface area (Å²) in [6.07, 6.45) is 1.52. The largest absolute Gasteiger partial charge is 0.459 e. The molecule has 128 valence electrons. The van der Waals surface area contributed by atoms with Crippen LogP contribution in [-0.2, 0) is 0 Å². The van der Waals surface area contributed by atoms with E-state index in [1.54, 1.807) is 17.0 Å². The van der Waals surface area contributed by atoms with E-state index < -0.39 is 0 Å². The Morgan fingerprint density at radius 3 is 2.60 bits per heavy atom. The summed E-state index contributed by atoms with van der Waals surface area (Å²) in [5.41, 5.74) is 0.908. The number of nitrogens with one attached hydrogen (secondary N) is 1. The first kappa shape index (κ1) is 15.4. The van der Waals surface area contributed by atoms with Crippen LogP contribution in [0.25, 0.3) is 10.9 Å². The number of rotatable bonds is 3. The van der Waals surface area contributed by atoms with E-state index in [0.717, 1.165) is 16.7 Å². The van der Waals surface area contributed by atoms with Crippen LogP contribution in [0, 0.1) is 0 Å². The molecule has 4 rings (SSSR count). The number of benzene rings is 1. The van der Waals surface area contributed by atoms with Crippen molar-refractivity contribution in [3.05, 3.63) is 48.4 Å². The maximum atomic E-state index is 12.4. The average molecular weight is 337 g/mol. The Balaban J connectivity index is 1.53. The van der Waals surface area contributed by atoms with Gasteiger partial charge < -0.3 is 19.5 Å². The van der Waals surface area contributed by atoms with Crippen molar-refractivity contribution in [1.29, 1.82) is 0 Å². The van der Waals surface area contributed by atoms with E-state index in [4.69, 9.17) is 4.42 Å². The number of furan rings is 1. The Kier molecular flexibility index (Phi) is 3.97. The normalized spacial score (nSPS) is 14.8. The van der Waals surface area contributed by atoms with E-state index in [9.17, 15) is 4.79 Å². The van der Waals surface area contributed by atoms with Gasteiger partial charge in [-0.1, -0.05) is 12.1 Å². The molecule has 1 aliphatic rings. The molecule has 1 aromatic carbocycles. The van der Waals surface area contributed by atoms with Gasteiger partial charge in [-0.25, -0.2) is 4.98 Å². The topological polar surface area (TPSA) is 74.5 Å². The van der Waals surface area contributed by atoms with Gasteiger partial charge >= 0.3 is 0 Å². The zero-order valence-electron chi connectivity index (χ0n) is 14.0. The van der Waals surface area contributed by atoms with E-state index >= 15 is 0 Å². The van der Waals surface area contributed by atoms with Crippen molar-refractivity contribution in [2.75, 3.05) is 43.4 Å². The lowest BCUT2D eigenvalue weighted by molar-refractivity contribution is 0.0714. The molecule has 3 aromatic rings. The van der Waals surface area contributed by atoms with Gasteiger partial charge in [0, 0.05) is 38.6 Å². The highest BCUT2D eigenvalue weighted by Gasteiger charge is 2.25. The van der Waals surface area contributed by atoms with E-state index in [0.29, 0.717) is 37.9 Å². The van der Waals surface area contributed by atoms with Crippen LogP contribution in [0.2, 0.25) is 0 Å². The third-order valence-electron chi connectivity index (χ3n) is 4.41. The van der Waals surface area contributed by atoms with Crippen LogP contribution in [0.1, 0.15) is 10.6 Å². The molecule has 0 spiro atoms. The maximum Gasteiger partial charge on any atom is 0.289 e. The van der Waals surface area contributed by atoms with Crippen LogP contribution in [-0.4, -0.2) is 54.0 Å². The molecule has 2 aromatic heterocycles. The highest BCUT2D eigenvalue weighted by molar-refractivity contribution is 5.92. The molecule has 1 N–H and O–H groups in total. The molecule has 1 fully saturated rings. The number of para-hydroxylation sites is 1. The smallest absolute Gasteiger partial charge is 0.289 e. The summed E-state index contributed by atoms with van der Waals surface area (Å²) in [6, 6.07) is 11.4. The van der Waals surface area contributed by atoms with Crippen LogP contribution in [0.3, 0.4) is 0 Å². The Bertz CT molecular complexity index is 886. The molecule has 0 unspecified atom stereocenters. The highest BCUT2D eigenvalue weighted by Crippen LogP contribution is 2.23. The monoisotopic (exact) mass is 337 g/mol. The van der Waals surface area contributed by atoms with Crippen molar-refractivity contribution in [1.82, 2.24) is 14.9 Å². The number of hydrogen-bond acceptors (Lipinski definition) is 6. The van der Waals surface area contributed by atoms with Crippen molar-refractivity contribution in [3.8, 4) is 0 Å². The third-order valence-corrected chi connectivity index (χ3v) is 4.41. The fraction of sp³-hybridized carbons (Fsp3) is 0.278. The van der Waals surface area contributed by atoms with E-state index in [2.05, 4.69) is 20.2 Å². The number of aromatic nitrogens is 2. The van der Waals surface area contributed by atoms with Crippen molar-refractivity contribution >= 4 is 28.6 Å². The predicted octanol–water partition coefficient (Wildman–Crippen LogP) is 2.23. The first-order valence-electron chi connectivity index (χ1n) is 8.28. The van der Waals surface area contributed by atoms with Gasteiger partial charge in [0.1, 0.15) is 5.82 Å². The van der Waals surface area contributed by atoms with Crippen LogP contribution in [0.4, 0.5) is 11.8 Å². The lowest BCUT2D eigenvalue weighted by Gasteiger charge is -2.34. The van der Waals surface area contributed by atoms with Crippen molar-refractivity contribution in [2.45, 2.75) is 0 Å². The van der Waals surface area contributed by atoms with Crippen LogP contribution >= 0.6 is 0 Å². The number of nitrogens with zero attached hydrogens (tertiary/aromatic N) is 4. The predicted molar refractivity (Wildman–Crippen MR) is 95.9 cm³/mol. The highest BCUT2D eigenvalue weighted by atomic mass is 16.3. The van der Waals surface area contributed by atoms with Gasteiger partial charge in [-0.15, -0.1) is 0 Å². The van der Waals surface area contributed by atoms with Crippen molar-refractivity contribution in [2.24, 2.45) is 0 Å². The molecule has 1 amide bonds. The maximum absolute atomic E-state index is 12.4. The molecular formula is C18H19N5O2. The summed E-state index contributed by atoms with van der Waals surface area (Å²) in [5, 5.41) is 4.14. The average Bonchev–Trinajstić information content (AvgIpc) is 3.21. The van der Waals surface area contributed by atoms with Crippen molar-refractivity contribution < 1.29 is 9.21 Å². The Morgan fingerprint density at radius 2 is 1.88 bits per heavy atom. The quantitative estimate of drug-likeness (QED) is 0.790. The first-order chi connectivity index (χ1) is 12.3. The standard InChI is InChI=1S/C18H19N5O2/c1-19-16-13-5-2-3-6-14(13)20-18(21-16)23-10-8-22(9-11-23)17(24)15-7-4-12-25-15/h2-7,12H,8-11H2,1H3,(H,19,20,21). The number of amides is 1. The molecule has 3 heterocycles. The Labute approximate surface area is 145 Å². The summed E-state index contributed by atoms with van der Waals surface area (Å²) >= 11 is 0. The summed E-state index contributed by atoms with van der Waals surface area (Å²) in [7, 11) is 1.86. The molecule has 0 saturated carbocycles. The van der Waals surface area contributed by atoms with Gasteiger partial charge in [0.2, 0.25) is 5.95 Å². The minimum Gasteiger partial charge on any atom is -0.459 e. The second-order valence-electron chi connectivity index (χ2n) is 5.90. The number of carbonyl (C=O) groups is 1. The molecule has 0 bridgehead atoms. The SMILES string of the molecule is CNc1nc(N2CCN(C(=O)c3ccco3)CC2)nc2ccccc12. The second kappa shape index (κ2) is 6.43. The number of piperazine rings is 1. The lowest BCUT2D eigenvalue weighted by atomic mass is 10.2. The molecular weight excluding hydrogens is 318 g/mol. The number of hydrogen-bond donors (Lipinski definition) is 1. The van der Waals surface area contributed by atoms with Crippen LogP contribution in [0.15, 0.2) is 47.1 Å². The molecule has 0 radical (unpaired) electrons. The zero-order chi connectivity index (χ0) is 17.2. The third kappa shape index (κ3) is 2.88. The Morgan fingerprint density at radius 1 is 1.08 bits per heavy atom. The van der Waals surface area contributed by atoms with Crippen molar-refractivity contribution in [3.63, 3.8) is 0 Å². The summed E-state index contributed by atoms with van der Waals surface area (Å²) < 4.78 is 5.20. The fourth-order valence-electron chi connectivity index (χ4n) is 3.06. The second-order valence-corrected chi connectivity index (χ2v) is 5.90. The number of anilines is 2. The Hall–Kier alpha value is -3.09. The van der Waals surface area contributed by atoms with Gasteiger partial charge in [0.25, 0.3) is 5.91 Å². The minimum atomic E-state index is -0.0695. The zero-order valence-corrected chi connectivity index (χ0v) is 14.0. The molecule has 7 heteroatoms. The van der Waals surface area contributed by atoms with E-state index in [1.165, 1.54) is 6.26 Å². The number of carbonyl (C=O) groups excluding carboxylic acids is 1. The molecule has 0 atom stereocenters. The summed E-state index contributed by atoms with van der Waals surface area (Å²) in [5.74, 6) is 1.82. The minimum absolute atomic E-state index is 0.0695. The van der Waals surface area contributed by atoms with Gasteiger partial charge in [0.05, 0.1) is 11.8 Å². The molecule has 0 aliphatic carbocycles. The first-order valence-corrected chi connectivity index (χ1v) is 8.28. The molecule has 7 nitrogen and oxygen atoms in total. The van der Waals surface area contributed by atoms with Crippen LogP contribution < -0.4 is 10.2 Å². The fourth-order valence-corrected chi connectivity index (χ4v) is 3.06. The van der Waals surface area contributed by atoms with Gasteiger partial charge in [-0.05, 0) is 24.3 Å². The van der Waals surface area contributed by atoms with E-state index in [-0.39, 0.29) is 5.91 Å². The lowest BCUT2D eigenvalue weighted by Crippen LogP contribution is -2.49. The molecule has 1 saturated heterocycles. The van der Waals surface area contributed by atoms with Crippen LogP contribution in [0.5, 0.6) is 0 Å².